The van der Waals surface area contributed by atoms with Crippen molar-refractivity contribution in [3.63, 3.8) is 0 Å². The molecule has 4 atom stereocenters. The van der Waals surface area contributed by atoms with Crippen LogP contribution in [-0.4, -0.2) is 66.6 Å². The maximum atomic E-state index is 13.0. The fraction of sp³-hybridized carbons (Fsp3) is 0.389. The van der Waals surface area contributed by atoms with Crippen LogP contribution in [0.5, 0.6) is 5.75 Å². The summed E-state index contributed by atoms with van der Waals surface area (Å²) >= 11 is 0. The molecule has 250 valence electrons. The molecule has 2 aliphatic heterocycles. The van der Waals surface area contributed by atoms with Gasteiger partial charge in [-0.2, -0.15) is 10.2 Å². The predicted octanol–water partition coefficient (Wildman–Crippen LogP) is 4.40. The number of hydrogen-bond donors (Lipinski definition) is 2. The van der Waals surface area contributed by atoms with Crippen molar-refractivity contribution < 1.29 is 14.6 Å². The normalized spacial score (nSPS) is 20.5. The molecule has 0 spiro atoms. The highest BCUT2D eigenvalue weighted by Gasteiger charge is 2.43. The lowest BCUT2D eigenvalue weighted by Crippen LogP contribution is -2.32. The summed E-state index contributed by atoms with van der Waals surface area (Å²) in [6.45, 7) is 7.72. The van der Waals surface area contributed by atoms with Gasteiger partial charge >= 0.3 is 5.69 Å². The number of anilines is 2. The molecule has 2 aromatic heterocycles. The first-order chi connectivity index (χ1) is 23.4. The molecule has 2 N–H and O–H groups in total. The topological polar surface area (TPSA) is 124 Å². The molecule has 7 rings (SSSR count). The van der Waals surface area contributed by atoms with Crippen LogP contribution in [0.3, 0.4) is 0 Å². The molecule has 12 heteroatoms. The van der Waals surface area contributed by atoms with Crippen molar-refractivity contribution in [3.8, 4) is 11.4 Å². The first kappa shape index (κ1) is 31.6. The van der Waals surface area contributed by atoms with E-state index < -0.39 is 11.7 Å². The average molecular weight is 651 g/mol. The van der Waals surface area contributed by atoms with Gasteiger partial charge in [-0.3, -0.25) is 0 Å². The van der Waals surface area contributed by atoms with Gasteiger partial charge in [-0.15, -0.1) is 0 Å². The minimum atomic E-state index is -0.667. The van der Waals surface area contributed by atoms with E-state index in [0.717, 1.165) is 54.4 Å². The summed E-state index contributed by atoms with van der Waals surface area (Å²) in [7, 11) is 0. The van der Waals surface area contributed by atoms with Crippen LogP contribution in [0.1, 0.15) is 43.9 Å². The third-order valence-electron chi connectivity index (χ3n) is 9.50. The molecule has 0 aliphatic carbocycles. The summed E-state index contributed by atoms with van der Waals surface area (Å²) in [5.74, 6) is 1.06. The number of fused-ring (bicyclic) bond motifs is 1. The zero-order chi connectivity index (χ0) is 33.1. The fourth-order valence-electron chi connectivity index (χ4n) is 6.95. The Morgan fingerprint density at radius 2 is 1.88 bits per heavy atom. The molecule has 0 radical (unpaired) electrons. The Bertz CT molecular complexity index is 1860. The molecule has 0 bridgehead atoms. The summed E-state index contributed by atoms with van der Waals surface area (Å²) in [5, 5.41) is 22.3. The van der Waals surface area contributed by atoms with Gasteiger partial charge in [0.2, 0.25) is 0 Å². The van der Waals surface area contributed by atoms with Gasteiger partial charge < -0.3 is 24.8 Å². The SMILES string of the molecule is CC[C@@H]([C@H](C)O)n1ncn(-c2ccc(N3CCNc4cc(OC[C@@H]5CO[C@@](Cn6cncn6)(c6ccccc6)C5)ccc4C3)cc2)c1=O. The summed E-state index contributed by atoms with van der Waals surface area (Å²) in [6, 6.07) is 24.2. The maximum absolute atomic E-state index is 13.0. The van der Waals surface area contributed by atoms with Crippen LogP contribution in [0.2, 0.25) is 0 Å². The molecule has 0 amide bonds. The molecule has 2 aliphatic rings. The summed E-state index contributed by atoms with van der Waals surface area (Å²) < 4.78 is 17.6. The Morgan fingerprint density at radius 1 is 1.06 bits per heavy atom. The second-order valence-electron chi connectivity index (χ2n) is 12.8. The van der Waals surface area contributed by atoms with Crippen molar-refractivity contribution in [2.75, 3.05) is 36.5 Å². The highest BCUT2D eigenvalue weighted by molar-refractivity contribution is 5.60. The van der Waals surface area contributed by atoms with Crippen molar-refractivity contribution in [2.45, 2.75) is 57.5 Å². The first-order valence-corrected chi connectivity index (χ1v) is 16.6. The monoisotopic (exact) mass is 650 g/mol. The highest BCUT2D eigenvalue weighted by Crippen LogP contribution is 2.41. The van der Waals surface area contributed by atoms with E-state index in [-0.39, 0.29) is 17.6 Å². The van der Waals surface area contributed by atoms with E-state index in [9.17, 15) is 9.90 Å². The number of aliphatic hydroxyl groups excluding tert-OH is 1. The smallest absolute Gasteiger partial charge is 0.350 e. The van der Waals surface area contributed by atoms with Gasteiger partial charge in [-0.1, -0.05) is 43.3 Å². The first-order valence-electron chi connectivity index (χ1n) is 16.6. The Morgan fingerprint density at radius 3 is 2.62 bits per heavy atom. The van der Waals surface area contributed by atoms with E-state index in [2.05, 4.69) is 49.7 Å². The number of benzene rings is 3. The van der Waals surface area contributed by atoms with Crippen molar-refractivity contribution in [3.05, 3.63) is 113 Å². The number of nitrogens with one attached hydrogen (secondary N) is 1. The van der Waals surface area contributed by atoms with E-state index >= 15 is 0 Å². The van der Waals surface area contributed by atoms with Crippen LogP contribution in [0.4, 0.5) is 11.4 Å². The second kappa shape index (κ2) is 13.7. The Kier molecular flexibility index (Phi) is 9.00. The van der Waals surface area contributed by atoms with Gasteiger partial charge in [0.25, 0.3) is 0 Å². The molecule has 0 saturated carbocycles. The quantitative estimate of drug-likeness (QED) is 0.214. The van der Waals surface area contributed by atoms with Gasteiger partial charge in [-0.05, 0) is 61.2 Å². The standard InChI is InChI=1S/C36H42N8O4/c1-3-34(26(2)45)44-35(46)43(25-40-44)31-12-10-30(11-13-31)41-16-15-38-33-17-32(14-9-28(33)19-41)47-20-27-18-36(48-21-27,22-42-24-37-23-39-42)29-7-5-4-6-8-29/h4-14,17,23-27,34,38,45H,3,15-16,18-22H2,1-2H3/t26-,27+,34-,36-/m0/s1. The number of hydrogen-bond acceptors (Lipinski definition) is 9. The Labute approximate surface area is 279 Å². The van der Waals surface area contributed by atoms with E-state index in [1.54, 1.807) is 19.6 Å². The Balaban J connectivity index is 0.995. The summed E-state index contributed by atoms with van der Waals surface area (Å²) in [5.41, 5.74) is 4.46. The summed E-state index contributed by atoms with van der Waals surface area (Å²) in [6.07, 6.45) is 5.58. The highest BCUT2D eigenvalue weighted by atomic mass is 16.5. The molecule has 1 fully saturated rings. The second-order valence-corrected chi connectivity index (χ2v) is 12.8. The maximum Gasteiger partial charge on any atom is 0.350 e. The van der Waals surface area contributed by atoms with Crippen LogP contribution in [0.25, 0.3) is 5.69 Å². The van der Waals surface area contributed by atoms with Crippen LogP contribution >= 0.6 is 0 Å². The van der Waals surface area contributed by atoms with E-state index in [0.29, 0.717) is 26.2 Å². The zero-order valence-corrected chi connectivity index (χ0v) is 27.4. The van der Waals surface area contributed by atoms with Crippen molar-refractivity contribution in [1.82, 2.24) is 29.1 Å². The van der Waals surface area contributed by atoms with Gasteiger partial charge in [0.15, 0.2) is 0 Å². The molecule has 3 aromatic carbocycles. The third kappa shape index (κ3) is 6.45. The number of ether oxygens (including phenoxy) is 2. The van der Waals surface area contributed by atoms with Gasteiger partial charge in [0.1, 0.15) is 30.3 Å². The van der Waals surface area contributed by atoms with Crippen LogP contribution in [0.15, 0.2) is 96.6 Å². The number of aliphatic hydroxyl groups is 1. The molecule has 1 saturated heterocycles. The predicted molar refractivity (Wildman–Crippen MR) is 183 cm³/mol. The molecule has 5 aromatic rings. The largest absolute Gasteiger partial charge is 0.493 e. The number of aromatic nitrogens is 6. The van der Waals surface area contributed by atoms with E-state index in [1.807, 2.05) is 60.1 Å². The lowest BCUT2D eigenvalue weighted by Gasteiger charge is -2.29. The lowest BCUT2D eigenvalue weighted by atomic mass is 9.87. The summed E-state index contributed by atoms with van der Waals surface area (Å²) in [4.78, 5) is 19.5. The third-order valence-corrected chi connectivity index (χ3v) is 9.50. The van der Waals surface area contributed by atoms with Crippen molar-refractivity contribution >= 4 is 11.4 Å². The Hall–Kier alpha value is -4.94. The fourth-order valence-corrected chi connectivity index (χ4v) is 6.95. The van der Waals surface area contributed by atoms with Crippen LogP contribution in [0, 0.1) is 5.92 Å². The molecule has 0 unspecified atom stereocenters. The molecule has 48 heavy (non-hydrogen) atoms. The molecule has 4 heterocycles. The zero-order valence-electron chi connectivity index (χ0n) is 27.4. The van der Waals surface area contributed by atoms with Gasteiger partial charge in [0, 0.05) is 43.0 Å². The van der Waals surface area contributed by atoms with Crippen LogP contribution < -0.4 is 20.6 Å². The molecular weight excluding hydrogens is 608 g/mol. The number of rotatable bonds is 11. The van der Waals surface area contributed by atoms with Crippen LogP contribution in [-0.2, 0) is 23.4 Å². The van der Waals surface area contributed by atoms with E-state index in [4.69, 9.17) is 9.47 Å². The molecular formula is C36H42N8O4. The number of nitrogens with zero attached hydrogens (tertiary/aromatic N) is 7. The lowest BCUT2D eigenvalue weighted by molar-refractivity contribution is -0.0180. The van der Waals surface area contributed by atoms with Gasteiger partial charge in [0.05, 0.1) is 37.6 Å². The minimum Gasteiger partial charge on any atom is -0.493 e. The minimum absolute atomic E-state index is 0.232. The average Bonchev–Trinajstić information content (AvgIpc) is 3.83. The van der Waals surface area contributed by atoms with Gasteiger partial charge in [-0.25, -0.2) is 23.7 Å². The van der Waals surface area contributed by atoms with Crippen molar-refractivity contribution in [2.24, 2.45) is 5.92 Å². The van der Waals surface area contributed by atoms with E-state index in [1.165, 1.54) is 21.1 Å². The molecule has 12 nitrogen and oxygen atoms in total. The van der Waals surface area contributed by atoms with Crippen molar-refractivity contribution in [1.29, 1.82) is 0 Å².